The largest absolute Gasteiger partial charge is 0.456 e. The highest BCUT2D eigenvalue weighted by Crippen LogP contribution is 2.34. The number of rotatable bonds is 6. The molecule has 1 unspecified atom stereocenters. The fourth-order valence-corrected chi connectivity index (χ4v) is 4.42. The number of benzene rings is 3. The van der Waals surface area contributed by atoms with Gasteiger partial charge in [0.1, 0.15) is 17.2 Å². The first kappa shape index (κ1) is 19.1. The van der Waals surface area contributed by atoms with E-state index < -0.39 is 0 Å². The van der Waals surface area contributed by atoms with Crippen LogP contribution < -0.4 is 0 Å². The Bertz CT molecular complexity index is 1160. The van der Waals surface area contributed by atoms with Crippen molar-refractivity contribution in [3.63, 3.8) is 0 Å². The van der Waals surface area contributed by atoms with Crippen molar-refractivity contribution in [1.82, 2.24) is 4.90 Å². The molecule has 2 heterocycles. The van der Waals surface area contributed by atoms with Crippen LogP contribution in [0.5, 0.6) is 0 Å². The summed E-state index contributed by atoms with van der Waals surface area (Å²) in [6, 6.07) is 24.4. The van der Waals surface area contributed by atoms with Crippen molar-refractivity contribution in [3.05, 3.63) is 95.3 Å². The number of hydrogen-bond acceptors (Lipinski definition) is 2. The number of nitrogens with zero attached hydrogens (tertiary/aromatic N) is 1. The molecule has 1 aromatic heterocycles. The Labute approximate surface area is 176 Å². The monoisotopic (exact) mass is 399 g/mol. The molecule has 3 aromatic carbocycles. The number of fused-ring (bicyclic) bond motifs is 1. The van der Waals surface area contributed by atoms with Crippen molar-refractivity contribution in [2.45, 2.75) is 32.2 Å². The van der Waals surface area contributed by atoms with Gasteiger partial charge in [-0.05, 0) is 73.0 Å². The zero-order valence-electron chi connectivity index (χ0n) is 17.3. The number of likely N-dealkylation sites (tertiary alicyclic amines) is 1. The lowest BCUT2D eigenvalue weighted by atomic mass is 9.89. The molecule has 1 fully saturated rings. The molecule has 1 aliphatic heterocycles. The molecule has 5 rings (SSSR count). The smallest absolute Gasteiger partial charge is 0.138 e. The van der Waals surface area contributed by atoms with Crippen LogP contribution in [-0.2, 0) is 6.54 Å². The maximum absolute atomic E-state index is 14.8. The maximum Gasteiger partial charge on any atom is 0.138 e. The minimum absolute atomic E-state index is 0.219. The fraction of sp³-hybridized carbons (Fsp3) is 0.259. The van der Waals surface area contributed by atoms with Gasteiger partial charge in [-0.1, -0.05) is 49.4 Å². The molecule has 30 heavy (non-hydrogen) atoms. The van der Waals surface area contributed by atoms with Crippen molar-refractivity contribution in [3.8, 4) is 11.3 Å². The van der Waals surface area contributed by atoms with Crippen molar-refractivity contribution >= 4 is 11.0 Å². The topological polar surface area (TPSA) is 16.4 Å². The second-order valence-corrected chi connectivity index (χ2v) is 8.22. The number of hydrogen-bond donors (Lipinski definition) is 0. The Hall–Kier alpha value is -2.91. The predicted molar refractivity (Wildman–Crippen MR) is 120 cm³/mol. The molecular formula is C27H26FNO. The van der Waals surface area contributed by atoms with E-state index in [1.54, 1.807) is 6.07 Å². The molecule has 0 radical (unpaired) electrons. The highest BCUT2D eigenvalue weighted by molar-refractivity contribution is 5.83. The molecule has 0 bridgehead atoms. The van der Waals surface area contributed by atoms with Crippen LogP contribution in [0.4, 0.5) is 4.39 Å². The Balaban J connectivity index is 1.45. The summed E-state index contributed by atoms with van der Waals surface area (Å²) in [4.78, 5) is 2.33. The second kappa shape index (κ2) is 8.08. The van der Waals surface area contributed by atoms with E-state index in [1.807, 2.05) is 30.3 Å². The van der Waals surface area contributed by atoms with Crippen molar-refractivity contribution in [1.29, 1.82) is 0 Å². The van der Waals surface area contributed by atoms with Gasteiger partial charge < -0.3 is 4.42 Å². The average molecular weight is 400 g/mol. The molecular weight excluding hydrogens is 373 g/mol. The lowest BCUT2D eigenvalue weighted by molar-refractivity contribution is 0.172. The molecule has 0 amide bonds. The van der Waals surface area contributed by atoms with Crippen molar-refractivity contribution in [2.24, 2.45) is 0 Å². The van der Waals surface area contributed by atoms with Gasteiger partial charge in [0.2, 0.25) is 0 Å². The van der Waals surface area contributed by atoms with Gasteiger partial charge in [-0.2, -0.15) is 0 Å². The van der Waals surface area contributed by atoms with Gasteiger partial charge >= 0.3 is 0 Å². The lowest BCUT2D eigenvalue weighted by Crippen LogP contribution is -2.36. The van der Waals surface area contributed by atoms with E-state index in [1.165, 1.54) is 17.5 Å². The minimum Gasteiger partial charge on any atom is -0.456 e. The normalized spacial score (nSPS) is 15.3. The third kappa shape index (κ3) is 3.66. The summed E-state index contributed by atoms with van der Waals surface area (Å²) in [6.45, 7) is 5.24. The molecule has 0 spiro atoms. The Kier molecular flexibility index (Phi) is 5.14. The molecule has 4 aromatic rings. The summed E-state index contributed by atoms with van der Waals surface area (Å²) < 4.78 is 20.9. The van der Waals surface area contributed by atoms with Crippen LogP contribution in [-0.4, -0.2) is 18.0 Å². The lowest BCUT2D eigenvalue weighted by Gasteiger charge is -2.30. The standard InChI is InChI=1S/C27H26FNO/c1-2-23(20-7-4-3-5-8-20)21-10-12-26-22(16-21)17-27(30-26)24-11-9-19(15-25(24)28)18-29-13-6-14-29/h3-5,7-12,15-17,23H,2,6,13-14,18H2,1H3. The van der Waals surface area contributed by atoms with Gasteiger partial charge in [0.05, 0.1) is 5.56 Å². The van der Waals surface area contributed by atoms with E-state index in [0.29, 0.717) is 17.2 Å². The van der Waals surface area contributed by atoms with Crippen LogP contribution in [0.3, 0.4) is 0 Å². The number of furan rings is 1. The Morgan fingerprint density at radius 1 is 0.933 bits per heavy atom. The van der Waals surface area contributed by atoms with E-state index in [-0.39, 0.29) is 5.82 Å². The van der Waals surface area contributed by atoms with Crippen LogP contribution in [0.15, 0.2) is 77.2 Å². The fourth-order valence-electron chi connectivity index (χ4n) is 4.42. The highest BCUT2D eigenvalue weighted by Gasteiger charge is 2.17. The first-order valence-electron chi connectivity index (χ1n) is 10.8. The minimum atomic E-state index is -0.219. The summed E-state index contributed by atoms with van der Waals surface area (Å²) in [5.41, 5.74) is 4.90. The molecule has 0 saturated carbocycles. The van der Waals surface area contributed by atoms with Crippen LogP contribution in [0.25, 0.3) is 22.3 Å². The number of halogens is 1. The summed E-state index contributed by atoms with van der Waals surface area (Å²) in [5, 5.41) is 1.01. The van der Waals surface area contributed by atoms with Gasteiger partial charge in [-0.15, -0.1) is 0 Å². The van der Waals surface area contributed by atoms with Gasteiger partial charge in [0.25, 0.3) is 0 Å². The molecule has 152 valence electrons. The first-order valence-corrected chi connectivity index (χ1v) is 10.8. The van der Waals surface area contributed by atoms with E-state index >= 15 is 0 Å². The van der Waals surface area contributed by atoms with Gasteiger partial charge in [-0.25, -0.2) is 4.39 Å². The molecule has 1 atom stereocenters. The summed E-state index contributed by atoms with van der Waals surface area (Å²) in [5.74, 6) is 0.706. The molecule has 1 aliphatic rings. The molecule has 0 N–H and O–H groups in total. The highest BCUT2D eigenvalue weighted by atomic mass is 19.1. The third-order valence-electron chi connectivity index (χ3n) is 6.21. The maximum atomic E-state index is 14.8. The van der Waals surface area contributed by atoms with Crippen LogP contribution >= 0.6 is 0 Å². The van der Waals surface area contributed by atoms with Crippen molar-refractivity contribution in [2.75, 3.05) is 13.1 Å². The van der Waals surface area contributed by atoms with E-state index in [4.69, 9.17) is 4.42 Å². The van der Waals surface area contributed by atoms with Crippen LogP contribution in [0.1, 0.15) is 42.4 Å². The zero-order valence-corrected chi connectivity index (χ0v) is 17.3. The second-order valence-electron chi connectivity index (χ2n) is 8.22. The SMILES string of the molecule is CCC(c1ccccc1)c1ccc2oc(-c3ccc(CN4CCC4)cc3F)cc2c1. The first-order chi connectivity index (χ1) is 14.7. The van der Waals surface area contributed by atoms with Gasteiger partial charge in [0, 0.05) is 17.8 Å². The van der Waals surface area contributed by atoms with E-state index in [9.17, 15) is 4.39 Å². The molecule has 1 saturated heterocycles. The molecule has 0 aliphatic carbocycles. The molecule has 3 heteroatoms. The average Bonchev–Trinajstić information content (AvgIpc) is 3.15. The van der Waals surface area contributed by atoms with Crippen LogP contribution in [0.2, 0.25) is 0 Å². The molecule has 2 nitrogen and oxygen atoms in total. The van der Waals surface area contributed by atoms with Gasteiger partial charge in [0.15, 0.2) is 0 Å². The Morgan fingerprint density at radius 3 is 2.47 bits per heavy atom. The van der Waals surface area contributed by atoms with Crippen LogP contribution in [0, 0.1) is 5.82 Å². The summed E-state index contributed by atoms with van der Waals surface area (Å²) >= 11 is 0. The van der Waals surface area contributed by atoms with Crippen molar-refractivity contribution < 1.29 is 8.81 Å². The predicted octanol–water partition coefficient (Wildman–Crippen LogP) is 6.99. The van der Waals surface area contributed by atoms with E-state index in [0.717, 1.165) is 42.6 Å². The quantitative estimate of drug-likeness (QED) is 0.347. The summed E-state index contributed by atoms with van der Waals surface area (Å²) in [7, 11) is 0. The van der Waals surface area contributed by atoms with E-state index in [2.05, 4.69) is 48.2 Å². The zero-order chi connectivity index (χ0) is 20.5. The third-order valence-corrected chi connectivity index (χ3v) is 6.21. The van der Waals surface area contributed by atoms with Gasteiger partial charge in [-0.3, -0.25) is 4.90 Å². The Morgan fingerprint density at radius 2 is 1.77 bits per heavy atom. The summed E-state index contributed by atoms with van der Waals surface area (Å²) in [6.07, 6.45) is 2.26.